The number of carbonyl (C=O) groups excluding carboxylic acids is 4. The molecule has 1 aromatic rings. The van der Waals surface area contributed by atoms with Crippen LogP contribution in [0.4, 0.5) is 10.1 Å². The molecular weight excluding hydrogens is 391 g/mol. The molecule has 0 bridgehead atoms. The van der Waals surface area contributed by atoms with E-state index in [2.05, 4.69) is 5.32 Å². The third-order valence-corrected chi connectivity index (χ3v) is 5.35. The zero-order chi connectivity index (χ0) is 20.3. The highest BCUT2D eigenvalue weighted by molar-refractivity contribution is 6.33. The average Bonchev–Trinajstić information content (AvgIpc) is 2.91. The molecule has 0 radical (unpaired) electrons. The van der Waals surface area contributed by atoms with Gasteiger partial charge in [0.25, 0.3) is 5.91 Å². The molecule has 1 N–H and O–H groups in total. The van der Waals surface area contributed by atoms with E-state index in [1.807, 2.05) is 0 Å². The summed E-state index contributed by atoms with van der Waals surface area (Å²) in [5.74, 6) is -2.83. The van der Waals surface area contributed by atoms with Gasteiger partial charge in [-0.2, -0.15) is 0 Å². The summed E-state index contributed by atoms with van der Waals surface area (Å²) in [5, 5.41) is 2.43. The molecule has 1 saturated heterocycles. The van der Waals surface area contributed by atoms with Crippen LogP contribution in [0.1, 0.15) is 32.1 Å². The molecule has 1 aliphatic carbocycles. The van der Waals surface area contributed by atoms with Crippen molar-refractivity contribution in [3.8, 4) is 0 Å². The van der Waals surface area contributed by atoms with Gasteiger partial charge < -0.3 is 10.1 Å². The van der Waals surface area contributed by atoms with Crippen molar-refractivity contribution in [3.05, 3.63) is 29.0 Å². The van der Waals surface area contributed by atoms with Crippen molar-refractivity contribution in [2.45, 2.75) is 32.1 Å². The molecule has 0 spiro atoms. The molecule has 1 heterocycles. The lowest BCUT2D eigenvalue weighted by atomic mass is 9.81. The Bertz CT molecular complexity index is 792. The van der Waals surface area contributed by atoms with Crippen LogP contribution < -0.4 is 5.32 Å². The predicted molar refractivity (Wildman–Crippen MR) is 97.8 cm³/mol. The Morgan fingerprint density at radius 3 is 2.43 bits per heavy atom. The summed E-state index contributed by atoms with van der Waals surface area (Å²) in [5.41, 5.74) is 0.194. The number of fused-ring (bicyclic) bond motifs is 1. The number of hydrogen-bond acceptors (Lipinski definition) is 5. The van der Waals surface area contributed by atoms with Crippen LogP contribution in [0.2, 0.25) is 5.02 Å². The van der Waals surface area contributed by atoms with E-state index in [4.69, 9.17) is 16.3 Å². The van der Waals surface area contributed by atoms with Crippen LogP contribution in [0.15, 0.2) is 18.2 Å². The summed E-state index contributed by atoms with van der Waals surface area (Å²) in [6, 6.07) is 3.47. The Balaban J connectivity index is 1.44. The van der Waals surface area contributed by atoms with Gasteiger partial charge in [-0.05, 0) is 31.0 Å². The van der Waals surface area contributed by atoms with Crippen molar-refractivity contribution in [1.82, 2.24) is 4.90 Å². The van der Waals surface area contributed by atoms with Gasteiger partial charge in [0.1, 0.15) is 5.82 Å². The van der Waals surface area contributed by atoms with Gasteiger partial charge in [0, 0.05) is 6.54 Å². The van der Waals surface area contributed by atoms with E-state index in [9.17, 15) is 23.6 Å². The topological polar surface area (TPSA) is 92.8 Å². The Morgan fingerprint density at radius 1 is 1.18 bits per heavy atom. The van der Waals surface area contributed by atoms with Gasteiger partial charge >= 0.3 is 5.97 Å². The summed E-state index contributed by atoms with van der Waals surface area (Å²) >= 11 is 5.81. The fraction of sp³-hybridized carbons (Fsp3) is 0.474. The van der Waals surface area contributed by atoms with Crippen molar-refractivity contribution in [2.75, 3.05) is 18.5 Å². The molecule has 1 aliphatic heterocycles. The lowest BCUT2D eigenvalue weighted by molar-refractivity contribution is -0.148. The number of likely N-dealkylation sites (tertiary alicyclic amines) is 1. The van der Waals surface area contributed by atoms with Gasteiger partial charge in [0.2, 0.25) is 11.8 Å². The van der Waals surface area contributed by atoms with Crippen molar-refractivity contribution in [1.29, 1.82) is 0 Å². The molecular formula is C19H20ClFN2O5. The fourth-order valence-corrected chi connectivity index (χ4v) is 3.86. The first kappa shape index (κ1) is 20.3. The minimum atomic E-state index is -0.698. The van der Waals surface area contributed by atoms with Gasteiger partial charge in [-0.1, -0.05) is 24.4 Å². The second-order valence-electron chi connectivity index (χ2n) is 6.91. The van der Waals surface area contributed by atoms with Gasteiger partial charge in [-0.15, -0.1) is 0 Å². The van der Waals surface area contributed by atoms with Crippen molar-refractivity contribution in [3.63, 3.8) is 0 Å². The fourth-order valence-electron chi connectivity index (χ4n) is 3.65. The molecule has 3 rings (SSSR count). The molecule has 1 saturated carbocycles. The average molecular weight is 411 g/mol. The number of hydrogen-bond donors (Lipinski definition) is 1. The molecule has 2 atom stereocenters. The standard InChI is InChI=1S/C19H20ClFN2O5/c20-14-9-11(21)5-6-15(14)22-16(24)10-28-17(25)7-8-23-18(26)12-3-1-2-4-13(12)19(23)27/h5-6,9,12-13H,1-4,7-8,10H2,(H,22,24)/t12-,13-/m0/s1. The third kappa shape index (κ3) is 4.49. The van der Waals surface area contributed by atoms with Crippen LogP contribution in [-0.4, -0.2) is 41.7 Å². The van der Waals surface area contributed by atoms with Crippen LogP contribution in [0, 0.1) is 17.7 Å². The largest absolute Gasteiger partial charge is 0.456 e. The highest BCUT2D eigenvalue weighted by Crippen LogP contribution is 2.37. The number of amides is 3. The summed E-state index contributed by atoms with van der Waals surface area (Å²) < 4.78 is 17.9. The number of benzene rings is 1. The minimum absolute atomic E-state index is 0.0206. The number of halogens is 2. The van der Waals surface area contributed by atoms with E-state index in [0.29, 0.717) is 12.8 Å². The van der Waals surface area contributed by atoms with Crippen LogP contribution in [0.25, 0.3) is 0 Å². The van der Waals surface area contributed by atoms with Crippen molar-refractivity contribution in [2.24, 2.45) is 11.8 Å². The maximum Gasteiger partial charge on any atom is 0.308 e. The molecule has 28 heavy (non-hydrogen) atoms. The van der Waals surface area contributed by atoms with Crippen molar-refractivity contribution < 1.29 is 28.3 Å². The van der Waals surface area contributed by atoms with Gasteiger partial charge in [0.15, 0.2) is 6.61 Å². The summed E-state index contributed by atoms with van der Waals surface area (Å²) in [7, 11) is 0. The molecule has 3 amide bonds. The zero-order valence-corrected chi connectivity index (χ0v) is 15.8. The lowest BCUT2D eigenvalue weighted by Crippen LogP contribution is -2.33. The second kappa shape index (κ2) is 8.68. The van der Waals surface area contributed by atoms with Crippen LogP contribution in [-0.2, 0) is 23.9 Å². The molecule has 7 nitrogen and oxygen atoms in total. The van der Waals surface area contributed by atoms with E-state index in [0.717, 1.165) is 29.9 Å². The summed E-state index contributed by atoms with van der Waals surface area (Å²) in [6.45, 7) is -0.603. The van der Waals surface area contributed by atoms with Crippen LogP contribution in [0.5, 0.6) is 0 Å². The highest BCUT2D eigenvalue weighted by atomic mass is 35.5. The molecule has 0 unspecified atom stereocenters. The maximum absolute atomic E-state index is 13.0. The normalized spacial score (nSPS) is 21.4. The van der Waals surface area contributed by atoms with Gasteiger partial charge in [0.05, 0.1) is 29.0 Å². The maximum atomic E-state index is 13.0. The Hall–Kier alpha value is -2.48. The molecule has 9 heteroatoms. The minimum Gasteiger partial charge on any atom is -0.456 e. The first-order valence-electron chi connectivity index (χ1n) is 9.12. The molecule has 150 valence electrons. The third-order valence-electron chi connectivity index (χ3n) is 5.04. The van der Waals surface area contributed by atoms with E-state index in [1.165, 1.54) is 6.07 Å². The summed E-state index contributed by atoms with van der Waals surface area (Å²) in [6.07, 6.45) is 3.11. The number of imide groups is 1. The first-order chi connectivity index (χ1) is 13.4. The Kier molecular flexibility index (Phi) is 6.28. The molecule has 0 aromatic heterocycles. The predicted octanol–water partition coefficient (Wildman–Crippen LogP) is 2.53. The van der Waals surface area contributed by atoms with E-state index in [-0.39, 0.29) is 47.3 Å². The number of ether oxygens (including phenoxy) is 1. The van der Waals surface area contributed by atoms with E-state index < -0.39 is 24.3 Å². The van der Waals surface area contributed by atoms with Crippen LogP contribution >= 0.6 is 11.6 Å². The van der Waals surface area contributed by atoms with Gasteiger partial charge in [-0.3, -0.25) is 24.1 Å². The molecule has 2 fully saturated rings. The number of carbonyl (C=O) groups is 4. The summed E-state index contributed by atoms with van der Waals surface area (Å²) in [4.78, 5) is 49.5. The number of anilines is 1. The Labute approximate surface area is 166 Å². The zero-order valence-electron chi connectivity index (χ0n) is 15.1. The SMILES string of the molecule is O=C(COC(=O)CCN1C(=O)[C@H]2CCCC[C@@H]2C1=O)Nc1ccc(F)cc1Cl. The smallest absolute Gasteiger partial charge is 0.308 e. The lowest BCUT2D eigenvalue weighted by Gasteiger charge is -2.19. The monoisotopic (exact) mass is 410 g/mol. The second-order valence-corrected chi connectivity index (χ2v) is 7.32. The quantitative estimate of drug-likeness (QED) is 0.574. The van der Waals surface area contributed by atoms with E-state index in [1.54, 1.807) is 0 Å². The van der Waals surface area contributed by atoms with Crippen LogP contribution in [0.3, 0.4) is 0 Å². The highest BCUT2D eigenvalue weighted by Gasteiger charge is 2.47. The van der Waals surface area contributed by atoms with Crippen molar-refractivity contribution >= 4 is 41.0 Å². The number of nitrogens with zero attached hydrogens (tertiary/aromatic N) is 1. The van der Waals surface area contributed by atoms with Gasteiger partial charge in [-0.25, -0.2) is 4.39 Å². The Morgan fingerprint density at radius 2 is 1.82 bits per heavy atom. The first-order valence-corrected chi connectivity index (χ1v) is 9.50. The number of nitrogens with one attached hydrogen (secondary N) is 1. The number of rotatable bonds is 6. The molecule has 1 aromatic carbocycles. The van der Waals surface area contributed by atoms with E-state index >= 15 is 0 Å². The number of esters is 1. The molecule has 2 aliphatic rings.